The number of nitrogens with two attached hydrogens (primary N) is 1. The van der Waals surface area contributed by atoms with E-state index in [2.05, 4.69) is 6.07 Å². The van der Waals surface area contributed by atoms with E-state index < -0.39 is 0 Å². The second kappa shape index (κ2) is 5.86. The maximum atomic E-state index is 12.0. The van der Waals surface area contributed by atoms with E-state index in [0.717, 1.165) is 12.8 Å². The lowest BCUT2D eigenvalue weighted by Crippen LogP contribution is -2.39. The Balaban J connectivity index is 2.44. The molecule has 0 saturated heterocycles. The number of carbonyl (C=O) groups excluding carboxylic acids is 1. The molecule has 1 aliphatic carbocycles. The molecule has 1 saturated carbocycles. The zero-order valence-corrected chi connectivity index (χ0v) is 10.1. The second-order valence-electron chi connectivity index (χ2n) is 4.84. The third kappa shape index (κ3) is 3.82. The summed E-state index contributed by atoms with van der Waals surface area (Å²) in [6.45, 7) is 4.61. The molecule has 0 aliphatic heterocycles. The van der Waals surface area contributed by atoms with Gasteiger partial charge in [-0.2, -0.15) is 5.26 Å². The number of carbonyl (C=O) groups is 1. The second-order valence-corrected chi connectivity index (χ2v) is 4.84. The van der Waals surface area contributed by atoms with Crippen molar-refractivity contribution in [1.82, 2.24) is 4.90 Å². The van der Waals surface area contributed by atoms with Crippen LogP contribution in [0, 0.1) is 17.2 Å². The maximum absolute atomic E-state index is 12.0. The molecule has 2 N–H and O–H groups in total. The van der Waals surface area contributed by atoms with Crippen molar-refractivity contribution < 1.29 is 4.79 Å². The maximum Gasteiger partial charge on any atom is 0.224 e. The molecule has 90 valence electrons. The largest absolute Gasteiger partial charge is 0.339 e. The minimum Gasteiger partial charge on any atom is -0.339 e. The minimum absolute atomic E-state index is 0.0733. The van der Waals surface area contributed by atoms with Gasteiger partial charge in [0, 0.05) is 25.0 Å². The van der Waals surface area contributed by atoms with E-state index in [0.29, 0.717) is 31.3 Å². The zero-order valence-electron chi connectivity index (χ0n) is 10.1. The summed E-state index contributed by atoms with van der Waals surface area (Å²) >= 11 is 0. The predicted octanol–water partition coefficient (Wildman–Crippen LogP) is 1.26. The molecule has 1 atom stereocenters. The van der Waals surface area contributed by atoms with Gasteiger partial charge in [-0.15, -0.1) is 0 Å². The van der Waals surface area contributed by atoms with Gasteiger partial charge in [0.1, 0.15) is 0 Å². The highest BCUT2D eigenvalue weighted by Gasteiger charge is 2.32. The summed E-state index contributed by atoms with van der Waals surface area (Å²) in [6, 6.07) is 2.39. The Morgan fingerprint density at radius 2 is 2.19 bits per heavy atom. The molecule has 1 unspecified atom stereocenters. The number of nitriles is 1. The molecule has 4 heteroatoms. The highest BCUT2D eigenvalue weighted by atomic mass is 16.2. The average Bonchev–Trinajstić information content (AvgIpc) is 3.02. The lowest BCUT2D eigenvalue weighted by molar-refractivity contribution is -0.132. The van der Waals surface area contributed by atoms with Gasteiger partial charge in [-0.25, -0.2) is 0 Å². The van der Waals surface area contributed by atoms with Crippen molar-refractivity contribution in [1.29, 1.82) is 5.26 Å². The Hall–Kier alpha value is -1.08. The van der Waals surface area contributed by atoms with Crippen LogP contribution >= 0.6 is 0 Å². The first-order valence-electron chi connectivity index (χ1n) is 5.98. The van der Waals surface area contributed by atoms with Crippen molar-refractivity contribution in [3.8, 4) is 6.07 Å². The molecule has 1 fully saturated rings. The van der Waals surface area contributed by atoms with Gasteiger partial charge in [-0.05, 0) is 18.8 Å². The number of amides is 1. The Morgan fingerprint density at radius 3 is 2.62 bits per heavy atom. The van der Waals surface area contributed by atoms with Crippen LogP contribution in [0.4, 0.5) is 0 Å². The quantitative estimate of drug-likeness (QED) is 0.737. The van der Waals surface area contributed by atoms with Crippen molar-refractivity contribution in [2.24, 2.45) is 11.7 Å². The van der Waals surface area contributed by atoms with Crippen LogP contribution in [0.15, 0.2) is 0 Å². The molecule has 16 heavy (non-hydrogen) atoms. The fourth-order valence-electron chi connectivity index (χ4n) is 1.62. The van der Waals surface area contributed by atoms with Crippen LogP contribution in [0.5, 0.6) is 0 Å². The number of nitrogens with zero attached hydrogens (tertiary/aromatic N) is 2. The fraction of sp³-hybridized carbons (Fsp3) is 0.833. The van der Waals surface area contributed by atoms with Crippen molar-refractivity contribution in [3.63, 3.8) is 0 Å². The van der Waals surface area contributed by atoms with Crippen molar-refractivity contribution in [3.05, 3.63) is 0 Å². The molecular weight excluding hydrogens is 202 g/mol. The van der Waals surface area contributed by atoms with Crippen LogP contribution in [-0.2, 0) is 4.79 Å². The van der Waals surface area contributed by atoms with Gasteiger partial charge < -0.3 is 10.6 Å². The first kappa shape index (κ1) is 13.0. The van der Waals surface area contributed by atoms with E-state index in [1.807, 2.05) is 18.7 Å². The monoisotopic (exact) mass is 223 g/mol. The van der Waals surface area contributed by atoms with Crippen molar-refractivity contribution >= 4 is 5.91 Å². The lowest BCUT2D eigenvalue weighted by atomic mass is 10.0. The highest BCUT2D eigenvalue weighted by Crippen LogP contribution is 2.27. The first-order valence-corrected chi connectivity index (χ1v) is 5.98. The van der Waals surface area contributed by atoms with Gasteiger partial charge in [0.2, 0.25) is 5.91 Å². The summed E-state index contributed by atoms with van der Waals surface area (Å²) in [5.74, 6) is 0.430. The summed E-state index contributed by atoms with van der Waals surface area (Å²) in [6.07, 6.45) is 2.97. The van der Waals surface area contributed by atoms with Crippen LogP contribution in [0.2, 0.25) is 0 Å². The molecule has 0 aromatic heterocycles. The average molecular weight is 223 g/mol. The van der Waals surface area contributed by atoms with Gasteiger partial charge in [-0.1, -0.05) is 13.8 Å². The van der Waals surface area contributed by atoms with E-state index in [1.165, 1.54) is 0 Å². The van der Waals surface area contributed by atoms with Crippen molar-refractivity contribution in [2.75, 3.05) is 6.54 Å². The summed E-state index contributed by atoms with van der Waals surface area (Å²) in [7, 11) is 0. The highest BCUT2D eigenvalue weighted by molar-refractivity contribution is 5.77. The lowest BCUT2D eigenvalue weighted by Gasteiger charge is -2.24. The third-order valence-corrected chi connectivity index (χ3v) is 3.04. The van der Waals surface area contributed by atoms with Gasteiger partial charge in [-0.3, -0.25) is 4.79 Å². The molecule has 0 aromatic rings. The SMILES string of the molecule is CC(C)C(N)CC(=O)N(CCC#N)C1CC1. The zero-order chi connectivity index (χ0) is 12.1. The Kier molecular flexibility index (Phi) is 4.75. The van der Waals surface area contributed by atoms with Crippen LogP contribution in [-0.4, -0.2) is 29.4 Å². The van der Waals surface area contributed by atoms with Crippen LogP contribution < -0.4 is 5.73 Å². The van der Waals surface area contributed by atoms with E-state index in [1.54, 1.807) is 0 Å². The van der Waals surface area contributed by atoms with Crippen LogP contribution in [0.3, 0.4) is 0 Å². The van der Waals surface area contributed by atoms with Gasteiger partial charge in [0.25, 0.3) is 0 Å². The predicted molar refractivity (Wildman–Crippen MR) is 62.4 cm³/mol. The molecule has 4 nitrogen and oxygen atoms in total. The molecule has 1 aliphatic rings. The number of hydrogen-bond acceptors (Lipinski definition) is 3. The molecule has 0 aromatic carbocycles. The van der Waals surface area contributed by atoms with Crippen LogP contribution in [0.1, 0.15) is 39.5 Å². The summed E-state index contributed by atoms with van der Waals surface area (Å²) < 4.78 is 0. The van der Waals surface area contributed by atoms with Crippen LogP contribution in [0.25, 0.3) is 0 Å². The van der Waals surface area contributed by atoms with E-state index >= 15 is 0 Å². The standard InChI is InChI=1S/C12H21N3O/c1-9(2)11(14)8-12(16)15(7-3-6-13)10-4-5-10/h9-11H,3-5,7-8,14H2,1-2H3. The van der Waals surface area contributed by atoms with Gasteiger partial charge >= 0.3 is 0 Å². The van der Waals surface area contributed by atoms with E-state index in [4.69, 9.17) is 11.0 Å². The van der Waals surface area contributed by atoms with Gasteiger partial charge in [0.05, 0.1) is 12.5 Å². The molecule has 0 heterocycles. The molecule has 1 amide bonds. The van der Waals surface area contributed by atoms with Crippen molar-refractivity contribution in [2.45, 2.75) is 51.6 Å². The minimum atomic E-state index is -0.0733. The Morgan fingerprint density at radius 1 is 1.56 bits per heavy atom. The van der Waals surface area contributed by atoms with E-state index in [-0.39, 0.29) is 11.9 Å². The first-order chi connectivity index (χ1) is 7.56. The molecule has 0 spiro atoms. The topological polar surface area (TPSA) is 70.1 Å². The molecular formula is C12H21N3O. The van der Waals surface area contributed by atoms with Gasteiger partial charge in [0.15, 0.2) is 0 Å². The smallest absolute Gasteiger partial charge is 0.224 e. The number of hydrogen-bond donors (Lipinski definition) is 1. The summed E-state index contributed by atoms with van der Waals surface area (Å²) in [5, 5.41) is 8.56. The molecule has 0 radical (unpaired) electrons. The third-order valence-electron chi connectivity index (χ3n) is 3.04. The summed E-state index contributed by atoms with van der Waals surface area (Å²) in [5.41, 5.74) is 5.89. The molecule has 1 rings (SSSR count). The number of rotatable bonds is 6. The normalized spacial score (nSPS) is 16.9. The fourth-order valence-corrected chi connectivity index (χ4v) is 1.62. The molecule has 0 bridgehead atoms. The Labute approximate surface area is 97.4 Å². The Bertz CT molecular complexity index is 278. The summed E-state index contributed by atoms with van der Waals surface area (Å²) in [4.78, 5) is 13.8. The van der Waals surface area contributed by atoms with E-state index in [9.17, 15) is 4.79 Å².